The number of aryl methyl sites for hydroxylation is 1. The van der Waals surface area contributed by atoms with Crippen LogP contribution in [0.2, 0.25) is 0 Å². The van der Waals surface area contributed by atoms with Gasteiger partial charge in [0.25, 0.3) is 0 Å². The van der Waals surface area contributed by atoms with E-state index >= 15 is 0 Å². The molecule has 0 saturated carbocycles. The first-order valence-electron chi connectivity index (χ1n) is 5.11. The predicted molar refractivity (Wildman–Crippen MR) is 60.7 cm³/mol. The van der Waals surface area contributed by atoms with Crippen molar-refractivity contribution >= 4 is 23.6 Å². The van der Waals surface area contributed by atoms with Crippen molar-refractivity contribution < 1.29 is 14.1 Å². The lowest BCUT2D eigenvalue weighted by Crippen LogP contribution is -2.37. The van der Waals surface area contributed by atoms with Crippen LogP contribution in [-0.2, 0) is 11.6 Å². The Labute approximate surface area is 94.0 Å². The molecular weight excluding hydrogens is 223 g/mol. The molecular formula is C11H13N2O2P. The van der Waals surface area contributed by atoms with Gasteiger partial charge in [0.1, 0.15) is 5.52 Å². The van der Waals surface area contributed by atoms with E-state index in [0.29, 0.717) is 16.2 Å². The second-order valence-electron chi connectivity index (χ2n) is 3.69. The highest BCUT2D eigenvalue weighted by molar-refractivity contribution is 7.65. The molecule has 0 radical (unpaired) electrons. The van der Waals surface area contributed by atoms with Gasteiger partial charge in [-0.1, -0.05) is 29.8 Å². The van der Waals surface area contributed by atoms with Gasteiger partial charge in [0.15, 0.2) is 7.05 Å². The Kier molecular flexibility index (Phi) is 2.78. The molecule has 0 aliphatic rings. The van der Waals surface area contributed by atoms with Gasteiger partial charge in [0.2, 0.25) is 6.20 Å². The fourth-order valence-electron chi connectivity index (χ4n) is 1.66. The Morgan fingerprint density at radius 3 is 2.81 bits per heavy atom. The predicted octanol–water partition coefficient (Wildman–Crippen LogP) is 0.343. The van der Waals surface area contributed by atoms with Crippen molar-refractivity contribution in [3.8, 4) is 0 Å². The molecule has 84 valence electrons. The maximum atomic E-state index is 12.0. The van der Waals surface area contributed by atoms with Crippen LogP contribution in [0.5, 0.6) is 0 Å². The summed E-state index contributed by atoms with van der Waals surface area (Å²) in [5.74, 6) is 0. The van der Waals surface area contributed by atoms with Crippen LogP contribution in [0.3, 0.4) is 0 Å². The van der Waals surface area contributed by atoms with Crippen LogP contribution >= 0.6 is 7.37 Å². The van der Waals surface area contributed by atoms with E-state index in [-0.39, 0.29) is 6.16 Å². The van der Waals surface area contributed by atoms with Crippen LogP contribution in [0.1, 0.15) is 6.92 Å². The van der Waals surface area contributed by atoms with E-state index < -0.39 is 7.37 Å². The molecule has 2 rings (SSSR count). The Balaban J connectivity index is 2.83. The summed E-state index contributed by atoms with van der Waals surface area (Å²) >= 11 is 0. The van der Waals surface area contributed by atoms with Crippen LogP contribution in [-0.4, -0.2) is 11.3 Å². The molecule has 0 saturated heterocycles. The zero-order chi connectivity index (χ0) is 11.8. The summed E-state index contributed by atoms with van der Waals surface area (Å²) in [5.41, 5.74) is 0.701. The molecule has 4 nitrogen and oxygen atoms in total. The van der Waals surface area contributed by atoms with Gasteiger partial charge in [-0.3, -0.25) is 0 Å². The number of benzene rings is 1. The van der Waals surface area contributed by atoms with Crippen LogP contribution < -0.4 is 14.9 Å². The highest BCUT2D eigenvalue weighted by Gasteiger charge is 2.17. The summed E-state index contributed by atoms with van der Waals surface area (Å²) in [6, 6.07) is 7.27. The number of nitrogens with zero attached hydrogens (tertiary/aromatic N) is 2. The van der Waals surface area contributed by atoms with Crippen molar-refractivity contribution in [1.29, 1.82) is 0 Å². The Hall–Kier alpha value is -1.25. The zero-order valence-corrected chi connectivity index (χ0v) is 10.1. The minimum Gasteiger partial charge on any atom is -0.796 e. The molecule has 0 aliphatic heterocycles. The molecule has 5 heteroatoms. The fraction of sp³-hybridized carbons (Fsp3) is 0.273. The zero-order valence-electron chi connectivity index (χ0n) is 9.25. The van der Waals surface area contributed by atoms with E-state index in [9.17, 15) is 9.46 Å². The standard InChI is InChI=1S/C11H13N2O2P/c1-3-16(14,15)11-8-13(2)12-10-7-5-4-6-9(10)11/h4-8H,3H2,1-2H3. The number of hydrogen-bond donors (Lipinski definition) is 0. The molecule has 0 aliphatic carbocycles. The van der Waals surface area contributed by atoms with Gasteiger partial charge in [-0.2, -0.15) is 0 Å². The Bertz CT molecular complexity index is 583. The average Bonchev–Trinajstić information content (AvgIpc) is 2.28. The molecule has 0 bridgehead atoms. The number of hydrogen-bond acceptors (Lipinski definition) is 3. The number of fused-ring (bicyclic) bond motifs is 1. The second kappa shape index (κ2) is 3.96. The van der Waals surface area contributed by atoms with Gasteiger partial charge in [-0.15, -0.1) is 0 Å². The van der Waals surface area contributed by atoms with Crippen LogP contribution in [0, 0.1) is 0 Å². The van der Waals surface area contributed by atoms with E-state index in [4.69, 9.17) is 0 Å². The van der Waals surface area contributed by atoms with Crippen molar-refractivity contribution in [3.63, 3.8) is 0 Å². The lowest BCUT2D eigenvalue weighted by atomic mass is 10.2. The van der Waals surface area contributed by atoms with Crippen molar-refractivity contribution in [3.05, 3.63) is 30.5 Å². The van der Waals surface area contributed by atoms with Crippen LogP contribution in [0.4, 0.5) is 0 Å². The third-order valence-corrected chi connectivity index (χ3v) is 4.46. The summed E-state index contributed by atoms with van der Waals surface area (Å²) in [6.07, 6.45) is 1.70. The van der Waals surface area contributed by atoms with Crippen molar-refractivity contribution in [2.24, 2.45) is 7.05 Å². The largest absolute Gasteiger partial charge is 0.796 e. The third-order valence-electron chi connectivity index (χ3n) is 2.54. The quantitative estimate of drug-likeness (QED) is 0.558. The Morgan fingerprint density at radius 2 is 2.12 bits per heavy atom. The molecule has 0 amide bonds. The van der Waals surface area contributed by atoms with Crippen molar-refractivity contribution in [2.75, 3.05) is 6.16 Å². The molecule has 1 aromatic carbocycles. The van der Waals surface area contributed by atoms with Gasteiger partial charge in [-0.05, 0) is 17.3 Å². The van der Waals surface area contributed by atoms with Crippen molar-refractivity contribution in [1.82, 2.24) is 5.10 Å². The molecule has 1 atom stereocenters. The van der Waals surface area contributed by atoms with Gasteiger partial charge in [0, 0.05) is 12.8 Å². The summed E-state index contributed by atoms with van der Waals surface area (Å²) in [7, 11) is -1.78. The lowest BCUT2D eigenvalue weighted by molar-refractivity contribution is -0.727. The first-order valence-corrected chi connectivity index (χ1v) is 6.92. The normalized spacial score (nSPS) is 14.9. The number of aromatic nitrogens is 2. The summed E-state index contributed by atoms with van der Waals surface area (Å²) < 4.78 is 13.5. The first kappa shape index (κ1) is 11.2. The van der Waals surface area contributed by atoms with Gasteiger partial charge in [0.05, 0.1) is 5.30 Å². The summed E-state index contributed by atoms with van der Waals surface area (Å²) in [5, 5.41) is 5.31. The Morgan fingerprint density at radius 1 is 1.44 bits per heavy atom. The smallest absolute Gasteiger partial charge is 0.206 e. The second-order valence-corrected chi connectivity index (χ2v) is 6.16. The van der Waals surface area contributed by atoms with E-state index in [0.717, 1.165) is 0 Å². The topological polar surface area (TPSA) is 56.9 Å². The van der Waals surface area contributed by atoms with E-state index in [2.05, 4.69) is 5.10 Å². The van der Waals surface area contributed by atoms with Gasteiger partial charge < -0.3 is 9.46 Å². The van der Waals surface area contributed by atoms with Gasteiger partial charge >= 0.3 is 0 Å². The monoisotopic (exact) mass is 236 g/mol. The molecule has 0 N–H and O–H groups in total. The summed E-state index contributed by atoms with van der Waals surface area (Å²) in [4.78, 5) is 12.0. The molecule has 16 heavy (non-hydrogen) atoms. The molecule has 0 fully saturated rings. The maximum Gasteiger partial charge on any atom is 0.206 e. The third kappa shape index (κ3) is 1.86. The highest BCUT2D eigenvalue weighted by Crippen LogP contribution is 2.35. The minimum absolute atomic E-state index is 0.126. The van der Waals surface area contributed by atoms with Crippen molar-refractivity contribution in [2.45, 2.75) is 6.92 Å². The van der Waals surface area contributed by atoms with E-state index in [1.807, 2.05) is 18.2 Å². The van der Waals surface area contributed by atoms with Crippen LogP contribution in [0.15, 0.2) is 30.5 Å². The molecule has 1 aromatic heterocycles. The minimum atomic E-state index is -3.51. The van der Waals surface area contributed by atoms with Gasteiger partial charge in [-0.25, -0.2) is 0 Å². The molecule has 0 spiro atoms. The molecule has 2 aromatic rings. The average molecular weight is 236 g/mol. The first-order chi connectivity index (χ1) is 7.54. The molecule has 1 heterocycles. The maximum absolute atomic E-state index is 12.0. The van der Waals surface area contributed by atoms with E-state index in [1.165, 1.54) is 4.68 Å². The van der Waals surface area contributed by atoms with Crippen LogP contribution in [0.25, 0.3) is 10.9 Å². The number of rotatable bonds is 2. The fourth-order valence-corrected chi connectivity index (χ4v) is 2.90. The lowest BCUT2D eigenvalue weighted by Gasteiger charge is -2.21. The summed E-state index contributed by atoms with van der Waals surface area (Å²) in [6.45, 7) is 1.66. The van der Waals surface area contributed by atoms with E-state index in [1.54, 1.807) is 26.2 Å². The highest BCUT2D eigenvalue weighted by atomic mass is 31.2. The SMILES string of the molecule is CCP(=O)([O-])c1c[n+](C)nc2ccccc12. The molecule has 1 unspecified atom stereocenters.